The van der Waals surface area contributed by atoms with Crippen molar-refractivity contribution in [2.24, 2.45) is 10.7 Å². The molecule has 1 aliphatic heterocycles. The molecule has 1 aromatic rings. The van der Waals surface area contributed by atoms with Crippen LogP contribution in [0.1, 0.15) is 18.4 Å². The number of nitrogens with zero attached hydrogens (tertiary/aromatic N) is 2. The molecular weight excluding hydrogens is 351 g/mol. The molecule has 1 fully saturated rings. The Balaban J connectivity index is 0.00000180. The number of halogens is 1. The van der Waals surface area contributed by atoms with Crippen LogP contribution in [0.15, 0.2) is 29.3 Å². The predicted molar refractivity (Wildman–Crippen MR) is 92.4 cm³/mol. The number of nitrogens with one attached hydrogen (secondary N) is 1. The Kier molecular flexibility index (Phi) is 6.57. The monoisotopic (exact) mass is 374 g/mol. The highest BCUT2D eigenvalue weighted by atomic mass is 127. The lowest BCUT2D eigenvalue weighted by molar-refractivity contribution is 0.317. The lowest BCUT2D eigenvalue weighted by atomic mass is 10.2. The number of nitrogens with two attached hydrogens (primary N) is 1. The predicted octanol–water partition coefficient (Wildman–Crippen LogP) is 2.43. The van der Waals surface area contributed by atoms with E-state index in [0.717, 1.165) is 12.2 Å². The lowest BCUT2D eigenvalue weighted by Gasteiger charge is -2.17. The quantitative estimate of drug-likeness (QED) is 0.486. The summed E-state index contributed by atoms with van der Waals surface area (Å²) in [5.41, 5.74) is 8.11. The second kappa shape index (κ2) is 7.69. The molecule has 0 aromatic heterocycles. The first-order chi connectivity index (χ1) is 8.65. The second-order valence-electron chi connectivity index (χ2n) is 4.99. The standard InChI is InChI=1S/C14H22N4.HI/c1-11-5-7-12(8-6-11)17-14(15)16-10-13-4-3-9-18(13)2;/h5-8,13H,3-4,9-10H2,1-2H3,(H3,15,16,17);1H. The molecule has 1 heterocycles. The van der Waals surface area contributed by atoms with Gasteiger partial charge in [-0.3, -0.25) is 4.99 Å². The largest absolute Gasteiger partial charge is 0.370 e. The molecule has 0 saturated carbocycles. The Labute approximate surface area is 132 Å². The Morgan fingerprint density at radius 2 is 2.11 bits per heavy atom. The fourth-order valence-corrected chi connectivity index (χ4v) is 2.24. The third kappa shape index (κ3) is 4.99. The molecule has 0 bridgehead atoms. The van der Waals surface area contributed by atoms with Crippen LogP contribution in [0.2, 0.25) is 0 Å². The molecule has 0 radical (unpaired) electrons. The Hall–Kier alpha value is -0.820. The summed E-state index contributed by atoms with van der Waals surface area (Å²) in [4.78, 5) is 6.77. The van der Waals surface area contributed by atoms with E-state index in [2.05, 4.69) is 41.3 Å². The Bertz CT molecular complexity index is 416. The van der Waals surface area contributed by atoms with Gasteiger partial charge in [-0.05, 0) is 45.5 Å². The van der Waals surface area contributed by atoms with Crippen LogP contribution in [0.4, 0.5) is 5.69 Å². The molecule has 5 heteroatoms. The van der Waals surface area contributed by atoms with Gasteiger partial charge in [-0.1, -0.05) is 17.7 Å². The molecule has 0 spiro atoms. The number of likely N-dealkylation sites (N-methyl/N-ethyl adjacent to an activating group) is 1. The molecule has 1 aromatic carbocycles. The van der Waals surface area contributed by atoms with E-state index in [1.807, 2.05) is 12.1 Å². The summed E-state index contributed by atoms with van der Waals surface area (Å²) in [7, 11) is 2.15. The molecule has 3 N–H and O–H groups in total. The van der Waals surface area contributed by atoms with Gasteiger partial charge in [0.1, 0.15) is 0 Å². The van der Waals surface area contributed by atoms with E-state index < -0.39 is 0 Å². The maximum absolute atomic E-state index is 5.89. The topological polar surface area (TPSA) is 53.6 Å². The van der Waals surface area contributed by atoms with E-state index in [-0.39, 0.29) is 24.0 Å². The third-order valence-corrected chi connectivity index (χ3v) is 3.47. The van der Waals surface area contributed by atoms with Gasteiger partial charge >= 0.3 is 0 Å². The number of anilines is 1. The van der Waals surface area contributed by atoms with E-state index in [0.29, 0.717) is 12.0 Å². The molecule has 1 atom stereocenters. The van der Waals surface area contributed by atoms with Crippen LogP contribution >= 0.6 is 24.0 Å². The number of rotatable bonds is 3. The van der Waals surface area contributed by atoms with Gasteiger partial charge in [0, 0.05) is 11.7 Å². The Morgan fingerprint density at radius 3 is 2.68 bits per heavy atom. The van der Waals surface area contributed by atoms with E-state index in [4.69, 9.17) is 5.73 Å². The van der Waals surface area contributed by atoms with Gasteiger partial charge < -0.3 is 16.0 Å². The molecule has 1 saturated heterocycles. The average Bonchev–Trinajstić information content (AvgIpc) is 2.75. The molecule has 1 unspecified atom stereocenters. The summed E-state index contributed by atoms with van der Waals surface area (Å²) in [5.74, 6) is 0.499. The highest BCUT2D eigenvalue weighted by molar-refractivity contribution is 14.0. The number of hydrogen-bond acceptors (Lipinski definition) is 2. The van der Waals surface area contributed by atoms with Crippen LogP contribution in [0.25, 0.3) is 0 Å². The minimum Gasteiger partial charge on any atom is -0.370 e. The smallest absolute Gasteiger partial charge is 0.193 e. The van der Waals surface area contributed by atoms with Gasteiger partial charge in [-0.15, -0.1) is 24.0 Å². The van der Waals surface area contributed by atoms with Crippen LogP contribution in [-0.2, 0) is 0 Å². The van der Waals surface area contributed by atoms with Gasteiger partial charge in [0.15, 0.2) is 5.96 Å². The highest BCUT2D eigenvalue weighted by Gasteiger charge is 2.19. The maximum Gasteiger partial charge on any atom is 0.193 e. The SMILES string of the molecule is Cc1ccc(NC(N)=NCC2CCCN2C)cc1.I. The molecule has 0 amide bonds. The van der Waals surface area contributed by atoms with Crippen molar-refractivity contribution in [1.82, 2.24) is 4.90 Å². The first-order valence-electron chi connectivity index (χ1n) is 6.49. The summed E-state index contributed by atoms with van der Waals surface area (Å²) in [6, 6.07) is 8.68. The average molecular weight is 374 g/mol. The highest BCUT2D eigenvalue weighted by Crippen LogP contribution is 2.14. The van der Waals surface area contributed by atoms with Crippen LogP contribution in [0.5, 0.6) is 0 Å². The summed E-state index contributed by atoms with van der Waals surface area (Å²) in [6.07, 6.45) is 2.49. The van der Waals surface area contributed by atoms with E-state index >= 15 is 0 Å². The van der Waals surface area contributed by atoms with E-state index in [1.165, 1.54) is 24.9 Å². The van der Waals surface area contributed by atoms with Crippen molar-refractivity contribution in [3.8, 4) is 0 Å². The number of hydrogen-bond donors (Lipinski definition) is 2. The minimum atomic E-state index is 0. The lowest BCUT2D eigenvalue weighted by Crippen LogP contribution is -2.30. The van der Waals surface area contributed by atoms with Crippen molar-refractivity contribution in [3.63, 3.8) is 0 Å². The first kappa shape index (κ1) is 16.2. The normalized spacial score (nSPS) is 20.1. The van der Waals surface area contributed by atoms with Crippen molar-refractivity contribution in [2.45, 2.75) is 25.8 Å². The molecule has 0 aliphatic carbocycles. The number of aryl methyl sites for hydroxylation is 1. The zero-order valence-electron chi connectivity index (χ0n) is 11.6. The molecule has 4 nitrogen and oxygen atoms in total. The zero-order chi connectivity index (χ0) is 13.0. The number of aliphatic imine (C=N–C) groups is 1. The van der Waals surface area contributed by atoms with E-state index in [1.54, 1.807) is 0 Å². The van der Waals surface area contributed by atoms with Crippen LogP contribution in [-0.4, -0.2) is 37.0 Å². The fraction of sp³-hybridized carbons (Fsp3) is 0.500. The van der Waals surface area contributed by atoms with Gasteiger partial charge in [-0.2, -0.15) is 0 Å². The number of benzene rings is 1. The van der Waals surface area contributed by atoms with Crippen LogP contribution in [0.3, 0.4) is 0 Å². The fourth-order valence-electron chi connectivity index (χ4n) is 2.24. The Morgan fingerprint density at radius 1 is 1.42 bits per heavy atom. The summed E-state index contributed by atoms with van der Waals surface area (Å²) < 4.78 is 0. The first-order valence-corrected chi connectivity index (χ1v) is 6.49. The van der Waals surface area contributed by atoms with Gasteiger partial charge in [0.25, 0.3) is 0 Å². The molecule has 1 aliphatic rings. The maximum atomic E-state index is 5.89. The van der Waals surface area contributed by atoms with Crippen molar-refractivity contribution >= 4 is 35.6 Å². The molecule has 19 heavy (non-hydrogen) atoms. The minimum absolute atomic E-state index is 0. The summed E-state index contributed by atoms with van der Waals surface area (Å²) in [5, 5.41) is 3.12. The van der Waals surface area contributed by atoms with Crippen molar-refractivity contribution in [2.75, 3.05) is 25.5 Å². The number of guanidine groups is 1. The molecular formula is C14H23IN4. The number of likely N-dealkylation sites (tertiary alicyclic amines) is 1. The van der Waals surface area contributed by atoms with Crippen molar-refractivity contribution < 1.29 is 0 Å². The van der Waals surface area contributed by atoms with E-state index in [9.17, 15) is 0 Å². The second-order valence-corrected chi connectivity index (χ2v) is 4.99. The zero-order valence-corrected chi connectivity index (χ0v) is 13.9. The van der Waals surface area contributed by atoms with Crippen molar-refractivity contribution in [3.05, 3.63) is 29.8 Å². The molecule has 106 valence electrons. The third-order valence-electron chi connectivity index (χ3n) is 3.47. The van der Waals surface area contributed by atoms with Crippen LogP contribution in [0, 0.1) is 6.92 Å². The van der Waals surface area contributed by atoms with Crippen LogP contribution < -0.4 is 11.1 Å². The van der Waals surface area contributed by atoms with Gasteiger partial charge in [-0.25, -0.2) is 0 Å². The summed E-state index contributed by atoms with van der Waals surface area (Å²) in [6.45, 7) is 4.02. The molecule has 2 rings (SSSR count). The van der Waals surface area contributed by atoms with Gasteiger partial charge in [0.2, 0.25) is 0 Å². The summed E-state index contributed by atoms with van der Waals surface area (Å²) >= 11 is 0. The van der Waals surface area contributed by atoms with Gasteiger partial charge in [0.05, 0.1) is 6.54 Å². The van der Waals surface area contributed by atoms with Crippen molar-refractivity contribution in [1.29, 1.82) is 0 Å².